The van der Waals surface area contributed by atoms with Gasteiger partial charge in [0, 0.05) is 32.7 Å². The van der Waals surface area contributed by atoms with E-state index in [1.54, 1.807) is 0 Å². The standard InChI is InChI=1S/C11H12F3N3O2S/c12-11(13,14)8-7(10(18)19)20-9(15-8)6-5-16-1-3-17(6)4-2-16/h6H,1-5H2,(H,18,19). The summed E-state index contributed by atoms with van der Waals surface area (Å²) < 4.78 is 38.5. The number of alkyl halides is 3. The van der Waals surface area contributed by atoms with Gasteiger partial charge < -0.3 is 5.11 Å². The molecular weight excluding hydrogens is 295 g/mol. The number of aromatic carboxylic acids is 1. The SMILES string of the molecule is O=C(O)c1sc(C2CN3CCN2CC3)nc1C(F)(F)F. The van der Waals surface area contributed by atoms with Crippen LogP contribution in [0.5, 0.6) is 0 Å². The van der Waals surface area contributed by atoms with Gasteiger partial charge in [0.15, 0.2) is 5.69 Å². The molecule has 4 rings (SSSR count). The van der Waals surface area contributed by atoms with E-state index in [-0.39, 0.29) is 11.0 Å². The van der Waals surface area contributed by atoms with Crippen LogP contribution in [0, 0.1) is 0 Å². The van der Waals surface area contributed by atoms with Crippen molar-refractivity contribution in [3.8, 4) is 0 Å². The van der Waals surface area contributed by atoms with Crippen molar-refractivity contribution in [2.24, 2.45) is 0 Å². The molecular formula is C11H12F3N3O2S. The molecule has 4 heterocycles. The largest absolute Gasteiger partial charge is 0.477 e. The lowest BCUT2D eigenvalue weighted by Crippen LogP contribution is -2.56. The highest BCUT2D eigenvalue weighted by Gasteiger charge is 2.42. The fraction of sp³-hybridized carbons (Fsp3) is 0.636. The van der Waals surface area contributed by atoms with Gasteiger partial charge in [-0.25, -0.2) is 9.78 Å². The van der Waals surface area contributed by atoms with Gasteiger partial charge in [-0.3, -0.25) is 9.80 Å². The van der Waals surface area contributed by atoms with Crippen LogP contribution < -0.4 is 0 Å². The molecule has 1 aromatic heterocycles. The van der Waals surface area contributed by atoms with Gasteiger partial charge in [-0.2, -0.15) is 13.2 Å². The Labute approximate surface area is 116 Å². The monoisotopic (exact) mass is 307 g/mol. The summed E-state index contributed by atoms with van der Waals surface area (Å²) in [5, 5.41) is 9.17. The minimum atomic E-state index is -4.73. The second-order valence-corrected chi connectivity index (χ2v) is 5.92. The molecule has 5 nitrogen and oxygen atoms in total. The van der Waals surface area contributed by atoms with Crippen LogP contribution in [0.25, 0.3) is 0 Å². The first kappa shape index (κ1) is 13.8. The van der Waals surface area contributed by atoms with E-state index in [1.165, 1.54) is 0 Å². The predicted octanol–water partition coefficient (Wildman–Crippen LogP) is 1.53. The van der Waals surface area contributed by atoms with Gasteiger partial charge in [0.25, 0.3) is 0 Å². The Kier molecular flexibility index (Phi) is 3.22. The van der Waals surface area contributed by atoms with E-state index >= 15 is 0 Å². The first-order valence-corrected chi connectivity index (χ1v) is 6.95. The van der Waals surface area contributed by atoms with E-state index < -0.39 is 22.7 Å². The maximum atomic E-state index is 12.8. The number of aromatic nitrogens is 1. The molecule has 3 saturated heterocycles. The second kappa shape index (κ2) is 4.68. The molecule has 1 aromatic rings. The number of fused-ring (bicyclic) bond motifs is 3. The molecule has 1 unspecified atom stereocenters. The number of carboxylic acids is 1. The molecule has 0 saturated carbocycles. The van der Waals surface area contributed by atoms with Crippen molar-refractivity contribution < 1.29 is 23.1 Å². The highest BCUT2D eigenvalue weighted by molar-refractivity contribution is 7.13. The Hall–Kier alpha value is -1.19. The quantitative estimate of drug-likeness (QED) is 0.898. The molecule has 20 heavy (non-hydrogen) atoms. The Balaban J connectivity index is 1.97. The normalized spacial score (nSPS) is 29.6. The van der Waals surface area contributed by atoms with Crippen molar-refractivity contribution in [1.82, 2.24) is 14.8 Å². The van der Waals surface area contributed by atoms with Gasteiger partial charge in [0.1, 0.15) is 9.88 Å². The molecule has 3 fully saturated rings. The van der Waals surface area contributed by atoms with Gasteiger partial charge in [0.2, 0.25) is 0 Å². The smallest absolute Gasteiger partial charge is 0.435 e. The summed E-state index contributed by atoms with van der Waals surface area (Å²) in [6.07, 6.45) is -4.73. The number of carbonyl (C=O) groups is 1. The van der Waals surface area contributed by atoms with E-state index in [1.807, 2.05) is 0 Å². The minimum Gasteiger partial charge on any atom is -0.477 e. The molecule has 0 radical (unpaired) electrons. The van der Waals surface area contributed by atoms with E-state index in [2.05, 4.69) is 14.8 Å². The third kappa shape index (κ3) is 2.29. The van der Waals surface area contributed by atoms with E-state index in [0.717, 1.165) is 26.2 Å². The molecule has 9 heteroatoms. The molecule has 0 aromatic carbocycles. The number of hydrogen-bond acceptors (Lipinski definition) is 5. The third-order valence-electron chi connectivity index (χ3n) is 3.67. The van der Waals surface area contributed by atoms with Crippen LogP contribution >= 0.6 is 11.3 Å². The molecule has 0 amide bonds. The molecule has 2 bridgehead atoms. The van der Waals surface area contributed by atoms with Gasteiger partial charge in [0.05, 0.1) is 6.04 Å². The van der Waals surface area contributed by atoms with E-state index in [9.17, 15) is 18.0 Å². The van der Waals surface area contributed by atoms with Gasteiger partial charge in [-0.05, 0) is 0 Å². The molecule has 0 aliphatic carbocycles. The number of halogens is 3. The number of nitrogens with zero attached hydrogens (tertiary/aromatic N) is 3. The van der Waals surface area contributed by atoms with Crippen molar-refractivity contribution in [3.63, 3.8) is 0 Å². The van der Waals surface area contributed by atoms with Crippen LogP contribution in [-0.2, 0) is 6.18 Å². The minimum absolute atomic E-state index is 0.225. The molecule has 0 spiro atoms. The van der Waals surface area contributed by atoms with Crippen molar-refractivity contribution in [1.29, 1.82) is 0 Å². The summed E-state index contributed by atoms with van der Waals surface area (Å²) in [7, 11) is 0. The van der Waals surface area contributed by atoms with Gasteiger partial charge >= 0.3 is 12.1 Å². The van der Waals surface area contributed by atoms with Crippen LogP contribution in [0.4, 0.5) is 13.2 Å². The Morgan fingerprint density at radius 2 is 1.95 bits per heavy atom. The zero-order valence-corrected chi connectivity index (χ0v) is 11.2. The van der Waals surface area contributed by atoms with Crippen LogP contribution in [0.3, 0.4) is 0 Å². The maximum Gasteiger partial charge on any atom is 0.435 e. The first-order chi connectivity index (χ1) is 9.36. The summed E-state index contributed by atoms with van der Waals surface area (Å²) in [5.74, 6) is -1.57. The molecule has 1 N–H and O–H groups in total. The van der Waals surface area contributed by atoms with Gasteiger partial charge in [-0.15, -0.1) is 11.3 Å². The molecule has 3 aliphatic rings. The predicted molar refractivity (Wildman–Crippen MR) is 64.8 cm³/mol. The van der Waals surface area contributed by atoms with Crippen LogP contribution in [0.2, 0.25) is 0 Å². The zero-order valence-electron chi connectivity index (χ0n) is 10.4. The lowest BCUT2D eigenvalue weighted by molar-refractivity contribution is -0.141. The lowest BCUT2D eigenvalue weighted by Gasteiger charge is -2.46. The Bertz CT molecular complexity index is 538. The Morgan fingerprint density at radius 3 is 2.35 bits per heavy atom. The zero-order chi connectivity index (χ0) is 14.5. The van der Waals surface area contributed by atoms with Crippen molar-refractivity contribution in [2.75, 3.05) is 32.7 Å². The average Bonchev–Trinajstić information content (AvgIpc) is 2.85. The van der Waals surface area contributed by atoms with Crippen molar-refractivity contribution in [2.45, 2.75) is 12.2 Å². The van der Waals surface area contributed by atoms with Crippen molar-refractivity contribution in [3.05, 3.63) is 15.6 Å². The van der Waals surface area contributed by atoms with Crippen LogP contribution in [-0.4, -0.2) is 58.6 Å². The number of piperazine rings is 3. The first-order valence-electron chi connectivity index (χ1n) is 6.14. The Morgan fingerprint density at radius 1 is 1.30 bits per heavy atom. The summed E-state index contributed by atoms with van der Waals surface area (Å²) in [6.45, 7) is 3.99. The highest BCUT2D eigenvalue weighted by atomic mass is 32.1. The van der Waals surface area contributed by atoms with Crippen LogP contribution in [0.15, 0.2) is 0 Å². The third-order valence-corrected chi connectivity index (χ3v) is 4.81. The van der Waals surface area contributed by atoms with E-state index in [0.29, 0.717) is 17.9 Å². The number of hydrogen-bond donors (Lipinski definition) is 1. The molecule has 1 atom stereocenters. The fourth-order valence-corrected chi connectivity index (χ4v) is 3.72. The number of rotatable bonds is 2. The number of thiazole rings is 1. The summed E-state index contributed by atoms with van der Waals surface area (Å²) in [4.78, 5) is 18.1. The number of carboxylic acid groups (broad SMARTS) is 1. The second-order valence-electron chi connectivity index (χ2n) is 4.89. The summed E-state index contributed by atoms with van der Waals surface area (Å²) in [6, 6.07) is -0.225. The maximum absolute atomic E-state index is 12.8. The summed E-state index contributed by atoms with van der Waals surface area (Å²) >= 11 is 0.642. The molecule has 3 aliphatic heterocycles. The fourth-order valence-electron chi connectivity index (χ4n) is 2.67. The van der Waals surface area contributed by atoms with Gasteiger partial charge in [-0.1, -0.05) is 0 Å². The average molecular weight is 307 g/mol. The summed E-state index contributed by atoms with van der Waals surface area (Å²) in [5.41, 5.74) is -1.28. The van der Waals surface area contributed by atoms with Crippen LogP contribution in [0.1, 0.15) is 26.4 Å². The van der Waals surface area contributed by atoms with E-state index in [4.69, 9.17) is 5.11 Å². The lowest BCUT2D eigenvalue weighted by atomic mass is 10.1. The highest BCUT2D eigenvalue weighted by Crippen LogP contribution is 2.38. The topological polar surface area (TPSA) is 56.7 Å². The van der Waals surface area contributed by atoms with Crippen molar-refractivity contribution >= 4 is 17.3 Å². The molecule has 110 valence electrons.